The monoisotopic (exact) mass is 314 g/mol. The van der Waals surface area contributed by atoms with Crippen molar-refractivity contribution in [3.63, 3.8) is 0 Å². The number of phenolic OH excluding ortho intramolecular Hbond substituents is 1. The fraction of sp³-hybridized carbons (Fsp3) is 0.176. The number of carbonyl (C=O) groups excluding carboxylic acids is 1. The highest BCUT2D eigenvalue weighted by Gasteiger charge is 2.05. The highest BCUT2D eigenvalue weighted by Crippen LogP contribution is 2.26. The van der Waals surface area contributed by atoms with Crippen LogP contribution in [0.25, 0.3) is 0 Å². The third-order valence-corrected chi connectivity index (χ3v) is 3.00. The van der Waals surface area contributed by atoms with E-state index in [2.05, 4.69) is 10.5 Å². The van der Waals surface area contributed by atoms with E-state index in [1.807, 2.05) is 6.92 Å². The summed E-state index contributed by atoms with van der Waals surface area (Å²) in [7, 11) is 1.54. The van der Waals surface area contributed by atoms with Crippen LogP contribution in [0.15, 0.2) is 47.6 Å². The van der Waals surface area contributed by atoms with E-state index in [-0.39, 0.29) is 11.7 Å². The first-order valence-electron chi connectivity index (χ1n) is 7.07. The molecule has 2 rings (SSSR count). The lowest BCUT2D eigenvalue weighted by atomic mass is 10.2. The Bertz CT molecular complexity index is 713. The fourth-order valence-corrected chi connectivity index (χ4v) is 1.88. The van der Waals surface area contributed by atoms with Gasteiger partial charge in [-0.25, -0.2) is 5.43 Å². The molecule has 0 bridgehead atoms. The molecule has 0 saturated carbocycles. The number of aromatic hydroxyl groups is 1. The number of rotatable bonds is 6. The van der Waals surface area contributed by atoms with Crippen molar-refractivity contribution in [2.45, 2.75) is 6.92 Å². The van der Waals surface area contributed by atoms with Crippen LogP contribution in [-0.4, -0.2) is 30.9 Å². The number of ether oxygens (including phenoxy) is 2. The van der Waals surface area contributed by atoms with Gasteiger partial charge >= 0.3 is 0 Å². The lowest BCUT2D eigenvalue weighted by Crippen LogP contribution is -2.17. The molecule has 2 aromatic rings. The number of phenols is 1. The first-order chi connectivity index (χ1) is 11.1. The van der Waals surface area contributed by atoms with Gasteiger partial charge in [0, 0.05) is 5.56 Å². The van der Waals surface area contributed by atoms with Gasteiger partial charge in [-0.05, 0) is 48.9 Å². The van der Waals surface area contributed by atoms with Crippen LogP contribution in [0.1, 0.15) is 22.8 Å². The SMILES string of the molecule is CCOc1cc(/C=N\NC(=O)c2cccc(OC)c2)ccc1O. The molecule has 0 saturated heterocycles. The molecule has 0 spiro atoms. The van der Waals surface area contributed by atoms with Crippen molar-refractivity contribution in [3.05, 3.63) is 53.6 Å². The van der Waals surface area contributed by atoms with E-state index in [1.165, 1.54) is 19.4 Å². The molecule has 6 nitrogen and oxygen atoms in total. The summed E-state index contributed by atoms with van der Waals surface area (Å²) in [6, 6.07) is 11.6. The van der Waals surface area contributed by atoms with Crippen LogP contribution in [0.2, 0.25) is 0 Å². The summed E-state index contributed by atoms with van der Waals surface area (Å²) < 4.78 is 10.4. The zero-order valence-electron chi connectivity index (χ0n) is 12.9. The quantitative estimate of drug-likeness (QED) is 0.634. The minimum absolute atomic E-state index is 0.0596. The van der Waals surface area contributed by atoms with E-state index < -0.39 is 0 Å². The smallest absolute Gasteiger partial charge is 0.271 e. The van der Waals surface area contributed by atoms with Gasteiger partial charge in [-0.15, -0.1) is 0 Å². The van der Waals surface area contributed by atoms with Crippen molar-refractivity contribution in [2.75, 3.05) is 13.7 Å². The van der Waals surface area contributed by atoms with Crippen LogP contribution in [-0.2, 0) is 0 Å². The molecule has 6 heteroatoms. The number of benzene rings is 2. The van der Waals surface area contributed by atoms with Gasteiger partial charge in [0.15, 0.2) is 11.5 Å². The van der Waals surface area contributed by atoms with Crippen molar-refractivity contribution in [1.29, 1.82) is 0 Å². The van der Waals surface area contributed by atoms with Gasteiger partial charge in [0.05, 0.1) is 19.9 Å². The lowest BCUT2D eigenvalue weighted by Gasteiger charge is -2.06. The third-order valence-electron chi connectivity index (χ3n) is 3.00. The van der Waals surface area contributed by atoms with Crippen LogP contribution < -0.4 is 14.9 Å². The number of methoxy groups -OCH3 is 1. The highest BCUT2D eigenvalue weighted by molar-refractivity contribution is 5.95. The molecule has 120 valence electrons. The summed E-state index contributed by atoms with van der Waals surface area (Å²) in [5.41, 5.74) is 3.57. The summed E-state index contributed by atoms with van der Waals surface area (Å²) in [5.74, 6) is 0.686. The normalized spacial score (nSPS) is 10.5. The molecule has 1 amide bonds. The molecule has 0 radical (unpaired) electrons. The maximum Gasteiger partial charge on any atom is 0.271 e. The molecule has 23 heavy (non-hydrogen) atoms. The van der Waals surface area contributed by atoms with Crippen molar-refractivity contribution in [3.8, 4) is 17.2 Å². The zero-order chi connectivity index (χ0) is 16.7. The maximum atomic E-state index is 12.0. The fourth-order valence-electron chi connectivity index (χ4n) is 1.88. The Labute approximate surface area is 134 Å². The molecule has 0 fully saturated rings. The first-order valence-corrected chi connectivity index (χ1v) is 7.07. The number of hydrogen-bond acceptors (Lipinski definition) is 5. The molecule has 2 aromatic carbocycles. The van der Waals surface area contributed by atoms with E-state index in [4.69, 9.17) is 9.47 Å². The average Bonchev–Trinajstić information content (AvgIpc) is 2.58. The van der Waals surface area contributed by atoms with Crippen molar-refractivity contribution >= 4 is 12.1 Å². The molecule has 0 heterocycles. The van der Waals surface area contributed by atoms with Crippen molar-refractivity contribution < 1.29 is 19.4 Å². The summed E-state index contributed by atoms with van der Waals surface area (Å²) in [6.45, 7) is 2.27. The van der Waals surface area contributed by atoms with E-state index in [9.17, 15) is 9.90 Å². The summed E-state index contributed by atoms with van der Waals surface area (Å²) >= 11 is 0. The Hall–Kier alpha value is -3.02. The van der Waals surface area contributed by atoms with E-state index in [0.29, 0.717) is 29.2 Å². The van der Waals surface area contributed by atoms with Crippen LogP contribution in [0.4, 0.5) is 0 Å². The maximum absolute atomic E-state index is 12.0. The van der Waals surface area contributed by atoms with E-state index in [0.717, 1.165) is 0 Å². The van der Waals surface area contributed by atoms with Crippen molar-refractivity contribution in [2.24, 2.45) is 5.10 Å². The molecule has 0 atom stereocenters. The minimum Gasteiger partial charge on any atom is -0.504 e. The molecule has 0 aliphatic rings. The second-order valence-corrected chi connectivity index (χ2v) is 4.59. The van der Waals surface area contributed by atoms with Gasteiger partial charge in [0.1, 0.15) is 5.75 Å². The lowest BCUT2D eigenvalue weighted by molar-refractivity contribution is 0.0955. The number of nitrogens with zero attached hydrogens (tertiary/aromatic N) is 1. The largest absolute Gasteiger partial charge is 0.504 e. The molecule has 0 aliphatic carbocycles. The molecule has 2 N–H and O–H groups in total. The number of carbonyl (C=O) groups is 1. The zero-order valence-corrected chi connectivity index (χ0v) is 12.9. The van der Waals surface area contributed by atoms with E-state index >= 15 is 0 Å². The Morgan fingerprint density at radius 3 is 2.87 bits per heavy atom. The molecule has 0 aliphatic heterocycles. The molecular weight excluding hydrogens is 296 g/mol. The minimum atomic E-state index is -0.344. The summed E-state index contributed by atoms with van der Waals surface area (Å²) in [6.07, 6.45) is 1.47. The first kappa shape index (κ1) is 16.4. The average molecular weight is 314 g/mol. The topological polar surface area (TPSA) is 80.2 Å². The predicted molar refractivity (Wildman–Crippen MR) is 87.3 cm³/mol. The van der Waals surface area contributed by atoms with Gasteiger partial charge in [-0.2, -0.15) is 5.10 Å². The van der Waals surface area contributed by atoms with Gasteiger partial charge in [0.25, 0.3) is 5.91 Å². The number of nitrogens with one attached hydrogen (secondary N) is 1. The van der Waals surface area contributed by atoms with E-state index in [1.54, 1.807) is 36.4 Å². The summed E-state index contributed by atoms with van der Waals surface area (Å²) in [4.78, 5) is 12.0. The predicted octanol–water partition coefficient (Wildman–Crippen LogP) is 2.56. The highest BCUT2D eigenvalue weighted by atomic mass is 16.5. The number of hydrazone groups is 1. The van der Waals surface area contributed by atoms with Crippen molar-refractivity contribution in [1.82, 2.24) is 5.43 Å². The Morgan fingerprint density at radius 2 is 2.13 bits per heavy atom. The van der Waals surface area contributed by atoms with Crippen LogP contribution in [0, 0.1) is 0 Å². The van der Waals surface area contributed by atoms with Gasteiger partial charge in [0.2, 0.25) is 0 Å². The second kappa shape index (κ2) is 7.84. The third kappa shape index (κ3) is 4.47. The molecule has 0 unspecified atom stereocenters. The standard InChI is InChI=1S/C17H18N2O4/c1-3-23-16-9-12(7-8-15(16)20)11-18-19-17(21)13-5-4-6-14(10-13)22-2/h4-11,20H,3H2,1-2H3,(H,19,21)/b18-11-. The Balaban J connectivity index is 2.03. The van der Waals surface area contributed by atoms with Crippen LogP contribution >= 0.6 is 0 Å². The van der Waals surface area contributed by atoms with Crippen LogP contribution in [0.5, 0.6) is 17.2 Å². The molecule has 0 aromatic heterocycles. The van der Waals surface area contributed by atoms with Gasteiger partial charge < -0.3 is 14.6 Å². The Kier molecular flexibility index (Phi) is 5.57. The van der Waals surface area contributed by atoms with Gasteiger partial charge in [-0.1, -0.05) is 6.07 Å². The summed E-state index contributed by atoms with van der Waals surface area (Å²) in [5, 5.41) is 13.5. The van der Waals surface area contributed by atoms with Crippen LogP contribution in [0.3, 0.4) is 0 Å². The number of hydrogen-bond donors (Lipinski definition) is 2. The molecular formula is C17H18N2O4. The van der Waals surface area contributed by atoms with Gasteiger partial charge in [-0.3, -0.25) is 4.79 Å². The Morgan fingerprint density at radius 1 is 1.30 bits per heavy atom. The second-order valence-electron chi connectivity index (χ2n) is 4.59. The number of amides is 1.